The lowest BCUT2D eigenvalue weighted by molar-refractivity contribution is -0.118. The summed E-state index contributed by atoms with van der Waals surface area (Å²) in [6.07, 6.45) is 0. The van der Waals surface area contributed by atoms with Crippen molar-refractivity contribution in [2.24, 2.45) is 0 Å². The predicted octanol–water partition coefficient (Wildman–Crippen LogP) is 5.67. The normalized spacial score (nSPS) is 10.9. The molecule has 0 aliphatic heterocycles. The number of carbonyl (C=O) groups is 1. The summed E-state index contributed by atoms with van der Waals surface area (Å²) in [6.45, 7) is -0.0643. The number of fused-ring (bicyclic) bond motifs is 2. The second-order valence-electron chi connectivity index (χ2n) is 6.91. The van der Waals surface area contributed by atoms with Crippen LogP contribution >= 0.6 is 0 Å². The number of para-hydroxylation sites is 2. The minimum Gasteiger partial charge on any atom is -0.484 e. The molecule has 0 aliphatic carbocycles. The molecule has 5 aromatic rings. The molecule has 1 heterocycles. The van der Waals surface area contributed by atoms with Gasteiger partial charge in [0.15, 0.2) is 12.2 Å². The van der Waals surface area contributed by atoms with E-state index in [0.29, 0.717) is 17.3 Å². The Morgan fingerprint density at radius 3 is 2.47 bits per heavy atom. The fourth-order valence-corrected chi connectivity index (χ4v) is 3.29. The van der Waals surface area contributed by atoms with Crippen molar-refractivity contribution in [1.29, 1.82) is 0 Å². The van der Waals surface area contributed by atoms with Crippen molar-refractivity contribution in [3.05, 3.63) is 91.0 Å². The van der Waals surface area contributed by atoms with Gasteiger partial charge in [-0.25, -0.2) is 4.98 Å². The Morgan fingerprint density at radius 2 is 1.63 bits per heavy atom. The van der Waals surface area contributed by atoms with Gasteiger partial charge >= 0.3 is 0 Å². The van der Waals surface area contributed by atoms with Gasteiger partial charge in [0, 0.05) is 11.3 Å². The highest BCUT2D eigenvalue weighted by atomic mass is 16.5. The summed E-state index contributed by atoms with van der Waals surface area (Å²) in [5, 5.41) is 5.05. The van der Waals surface area contributed by atoms with E-state index in [1.807, 2.05) is 91.0 Å². The van der Waals surface area contributed by atoms with Crippen LogP contribution < -0.4 is 10.1 Å². The Morgan fingerprint density at radius 1 is 0.867 bits per heavy atom. The average Bonchev–Trinajstić information content (AvgIpc) is 3.22. The van der Waals surface area contributed by atoms with Crippen molar-refractivity contribution in [2.75, 3.05) is 11.9 Å². The average molecular weight is 394 g/mol. The number of nitrogens with zero attached hydrogens (tertiary/aromatic N) is 1. The molecule has 0 spiro atoms. The molecule has 0 bridgehead atoms. The SMILES string of the molecule is O=C(COc1ccc2ccccc2c1)Nc1ccc(-c2nc3ccccc3o2)cc1. The van der Waals surface area contributed by atoms with Crippen molar-refractivity contribution in [1.82, 2.24) is 4.98 Å². The number of carbonyl (C=O) groups excluding carboxylic acids is 1. The number of ether oxygens (including phenoxy) is 1. The van der Waals surface area contributed by atoms with E-state index in [2.05, 4.69) is 10.3 Å². The van der Waals surface area contributed by atoms with Crippen LogP contribution in [0.1, 0.15) is 0 Å². The first-order valence-electron chi connectivity index (χ1n) is 9.62. The maximum Gasteiger partial charge on any atom is 0.262 e. The van der Waals surface area contributed by atoms with Crippen molar-refractivity contribution in [2.45, 2.75) is 0 Å². The summed E-state index contributed by atoms with van der Waals surface area (Å²) >= 11 is 0. The zero-order valence-corrected chi connectivity index (χ0v) is 16.0. The lowest BCUT2D eigenvalue weighted by Gasteiger charge is -2.08. The number of hydrogen-bond acceptors (Lipinski definition) is 4. The Labute approximate surface area is 172 Å². The quantitative estimate of drug-likeness (QED) is 0.417. The van der Waals surface area contributed by atoms with Gasteiger partial charge in [-0.05, 0) is 59.3 Å². The number of rotatable bonds is 5. The van der Waals surface area contributed by atoms with E-state index in [0.717, 1.165) is 27.4 Å². The third kappa shape index (κ3) is 3.73. The van der Waals surface area contributed by atoms with E-state index >= 15 is 0 Å². The highest BCUT2D eigenvalue weighted by Gasteiger charge is 2.09. The molecule has 0 aliphatic rings. The fraction of sp³-hybridized carbons (Fsp3) is 0.0400. The number of amides is 1. The van der Waals surface area contributed by atoms with Crippen LogP contribution in [0, 0.1) is 0 Å². The van der Waals surface area contributed by atoms with Gasteiger partial charge in [-0.1, -0.05) is 42.5 Å². The van der Waals surface area contributed by atoms with Crippen LogP contribution in [0.5, 0.6) is 5.75 Å². The highest BCUT2D eigenvalue weighted by Crippen LogP contribution is 2.25. The Hall–Kier alpha value is -4.12. The summed E-state index contributed by atoms with van der Waals surface area (Å²) in [5.74, 6) is 0.988. The molecule has 5 nitrogen and oxygen atoms in total. The summed E-state index contributed by atoms with van der Waals surface area (Å²) in [7, 11) is 0. The Kier molecular flexibility index (Phi) is 4.62. The van der Waals surface area contributed by atoms with Crippen molar-refractivity contribution in [3.63, 3.8) is 0 Å². The molecule has 0 saturated carbocycles. The molecule has 4 aromatic carbocycles. The molecule has 1 N–H and O–H groups in total. The molecule has 30 heavy (non-hydrogen) atoms. The molecule has 5 rings (SSSR count). The van der Waals surface area contributed by atoms with Gasteiger partial charge in [-0.15, -0.1) is 0 Å². The van der Waals surface area contributed by atoms with E-state index in [1.54, 1.807) is 0 Å². The van der Waals surface area contributed by atoms with Crippen LogP contribution in [0.25, 0.3) is 33.3 Å². The van der Waals surface area contributed by atoms with Crippen LogP contribution in [0.4, 0.5) is 5.69 Å². The van der Waals surface area contributed by atoms with Crippen molar-refractivity contribution < 1.29 is 13.9 Å². The zero-order chi connectivity index (χ0) is 20.3. The van der Waals surface area contributed by atoms with Gasteiger partial charge in [0.1, 0.15) is 11.3 Å². The second kappa shape index (κ2) is 7.72. The Bertz CT molecular complexity index is 1310. The first kappa shape index (κ1) is 17.9. The molecule has 0 fully saturated rings. The molecule has 0 saturated heterocycles. The van der Waals surface area contributed by atoms with Crippen LogP contribution in [-0.4, -0.2) is 17.5 Å². The monoisotopic (exact) mass is 394 g/mol. The van der Waals surface area contributed by atoms with Gasteiger partial charge in [-0.2, -0.15) is 0 Å². The molecule has 1 aromatic heterocycles. The number of nitrogens with one attached hydrogen (secondary N) is 1. The Balaban J connectivity index is 1.22. The van der Waals surface area contributed by atoms with E-state index < -0.39 is 0 Å². The maximum absolute atomic E-state index is 12.3. The lowest BCUT2D eigenvalue weighted by atomic mass is 10.1. The molecule has 0 atom stereocenters. The minimum absolute atomic E-state index is 0.0643. The summed E-state index contributed by atoms with van der Waals surface area (Å²) in [6, 6.07) is 28.8. The molecule has 5 heteroatoms. The first-order valence-corrected chi connectivity index (χ1v) is 9.62. The second-order valence-corrected chi connectivity index (χ2v) is 6.91. The first-order chi connectivity index (χ1) is 14.7. The van der Waals surface area contributed by atoms with Crippen LogP contribution in [0.15, 0.2) is 95.4 Å². The maximum atomic E-state index is 12.3. The highest BCUT2D eigenvalue weighted by molar-refractivity contribution is 5.92. The van der Waals surface area contributed by atoms with E-state index in [9.17, 15) is 4.79 Å². The summed E-state index contributed by atoms with van der Waals surface area (Å²) in [5.41, 5.74) is 3.09. The van der Waals surface area contributed by atoms with Crippen molar-refractivity contribution in [3.8, 4) is 17.2 Å². The topological polar surface area (TPSA) is 64.4 Å². The third-order valence-corrected chi connectivity index (χ3v) is 4.80. The van der Waals surface area contributed by atoms with E-state index in [4.69, 9.17) is 9.15 Å². The van der Waals surface area contributed by atoms with E-state index in [-0.39, 0.29) is 12.5 Å². The molecule has 1 amide bonds. The molecule has 146 valence electrons. The van der Waals surface area contributed by atoms with Crippen LogP contribution in [0.3, 0.4) is 0 Å². The van der Waals surface area contributed by atoms with Crippen LogP contribution in [-0.2, 0) is 4.79 Å². The van der Waals surface area contributed by atoms with E-state index in [1.165, 1.54) is 0 Å². The summed E-state index contributed by atoms with van der Waals surface area (Å²) in [4.78, 5) is 16.7. The third-order valence-electron chi connectivity index (χ3n) is 4.80. The minimum atomic E-state index is -0.224. The fourth-order valence-electron chi connectivity index (χ4n) is 3.29. The number of anilines is 1. The number of oxazole rings is 1. The predicted molar refractivity (Wildman–Crippen MR) is 118 cm³/mol. The van der Waals surface area contributed by atoms with Crippen molar-refractivity contribution >= 4 is 33.5 Å². The van der Waals surface area contributed by atoms with Gasteiger partial charge < -0.3 is 14.5 Å². The van der Waals surface area contributed by atoms with Gasteiger partial charge in [0.05, 0.1) is 0 Å². The summed E-state index contributed by atoms with van der Waals surface area (Å²) < 4.78 is 11.4. The van der Waals surface area contributed by atoms with Crippen LogP contribution in [0.2, 0.25) is 0 Å². The molecular formula is C25H18N2O3. The van der Waals surface area contributed by atoms with Gasteiger partial charge in [-0.3, -0.25) is 4.79 Å². The molecular weight excluding hydrogens is 376 g/mol. The largest absolute Gasteiger partial charge is 0.484 e. The standard InChI is InChI=1S/C25H18N2O3/c28-24(16-29-21-14-11-17-5-1-2-6-19(17)15-21)26-20-12-9-18(10-13-20)25-27-22-7-3-4-8-23(22)30-25/h1-15H,16H2,(H,26,28). The van der Waals surface area contributed by atoms with Gasteiger partial charge in [0.2, 0.25) is 5.89 Å². The number of aromatic nitrogens is 1. The van der Waals surface area contributed by atoms with Gasteiger partial charge in [0.25, 0.3) is 5.91 Å². The number of benzene rings is 4. The lowest BCUT2D eigenvalue weighted by Crippen LogP contribution is -2.20. The molecule has 0 unspecified atom stereocenters. The number of hydrogen-bond donors (Lipinski definition) is 1. The smallest absolute Gasteiger partial charge is 0.262 e. The molecule has 0 radical (unpaired) electrons. The zero-order valence-electron chi connectivity index (χ0n) is 16.0.